The molecule has 0 radical (unpaired) electrons. The van der Waals surface area contributed by atoms with E-state index in [1.54, 1.807) is 23.5 Å². The summed E-state index contributed by atoms with van der Waals surface area (Å²) in [5, 5.41) is 19.1. The maximum Gasteiger partial charge on any atom is 0.309 e. The molecule has 0 aliphatic carbocycles. The molecule has 28 heavy (non-hydrogen) atoms. The van der Waals surface area contributed by atoms with Gasteiger partial charge in [-0.1, -0.05) is 36.4 Å². The average Bonchev–Trinajstić information content (AvgIpc) is 3.26. The van der Waals surface area contributed by atoms with E-state index in [1.165, 1.54) is 24.3 Å². The molecule has 3 N–H and O–H groups in total. The molecule has 0 spiro atoms. The van der Waals surface area contributed by atoms with Crippen LogP contribution in [0.1, 0.15) is 17.2 Å². The number of halogens is 1. The van der Waals surface area contributed by atoms with E-state index in [4.69, 9.17) is 0 Å². The quantitative estimate of drug-likeness (QED) is 0.559. The Bertz CT molecular complexity index is 925. The number of thiophene rings is 1. The lowest BCUT2D eigenvalue weighted by Crippen LogP contribution is -2.41. The summed E-state index contributed by atoms with van der Waals surface area (Å²) in [6.45, 7) is 0.0275. The molecular formula is C21H19FN2O3S. The smallest absolute Gasteiger partial charge is 0.309 e. The third-order valence-corrected chi connectivity index (χ3v) is 4.86. The van der Waals surface area contributed by atoms with Crippen LogP contribution in [0.5, 0.6) is 0 Å². The molecule has 0 aliphatic heterocycles. The Morgan fingerprint density at radius 1 is 0.929 bits per heavy atom. The molecule has 3 rings (SSSR count). The fraction of sp³-hybridized carbons (Fsp3) is 0.143. The average molecular weight is 398 g/mol. The molecule has 1 aromatic heterocycles. The Labute approximate surface area is 165 Å². The molecule has 0 saturated heterocycles. The van der Waals surface area contributed by atoms with E-state index >= 15 is 0 Å². The zero-order valence-corrected chi connectivity index (χ0v) is 15.7. The van der Waals surface area contributed by atoms with Crippen molar-refractivity contribution in [3.8, 4) is 11.1 Å². The predicted molar refractivity (Wildman–Crippen MR) is 106 cm³/mol. The molecule has 0 saturated carbocycles. The lowest BCUT2D eigenvalue weighted by atomic mass is 10.0. The Morgan fingerprint density at radius 2 is 1.61 bits per heavy atom. The second kappa shape index (κ2) is 9.25. The number of aliphatic hydroxyl groups is 1. The van der Waals surface area contributed by atoms with E-state index in [1.807, 2.05) is 29.0 Å². The highest BCUT2D eigenvalue weighted by Gasteiger charge is 2.15. The lowest BCUT2D eigenvalue weighted by molar-refractivity contribution is -0.139. The van der Waals surface area contributed by atoms with Crippen molar-refractivity contribution in [2.75, 3.05) is 6.54 Å². The molecular weight excluding hydrogens is 379 g/mol. The fourth-order valence-corrected chi connectivity index (χ4v) is 3.24. The predicted octanol–water partition coefficient (Wildman–Crippen LogP) is 3.02. The van der Waals surface area contributed by atoms with Crippen LogP contribution in [-0.2, 0) is 16.1 Å². The molecule has 1 heterocycles. The second-order valence-corrected chi connectivity index (χ2v) is 6.95. The monoisotopic (exact) mass is 398 g/mol. The number of rotatable bonds is 6. The normalized spacial score (nSPS) is 11.6. The molecule has 7 heteroatoms. The van der Waals surface area contributed by atoms with Crippen molar-refractivity contribution in [1.82, 2.24) is 10.6 Å². The van der Waals surface area contributed by atoms with Gasteiger partial charge in [0.2, 0.25) is 0 Å². The molecule has 3 aromatic rings. The summed E-state index contributed by atoms with van der Waals surface area (Å²) in [4.78, 5) is 23.7. The summed E-state index contributed by atoms with van der Waals surface area (Å²) >= 11 is 1.61. The van der Waals surface area contributed by atoms with E-state index in [0.717, 1.165) is 11.1 Å². The summed E-state index contributed by atoms with van der Waals surface area (Å²) in [5.74, 6) is -2.02. The number of hydrogen-bond acceptors (Lipinski definition) is 4. The van der Waals surface area contributed by atoms with Crippen LogP contribution >= 0.6 is 11.3 Å². The Kier molecular flexibility index (Phi) is 6.52. The first kappa shape index (κ1) is 19.7. The van der Waals surface area contributed by atoms with Crippen molar-refractivity contribution in [2.45, 2.75) is 12.6 Å². The van der Waals surface area contributed by atoms with Crippen LogP contribution in [0.15, 0.2) is 65.4 Å². The summed E-state index contributed by atoms with van der Waals surface area (Å²) in [6, 6.07) is 15.0. The molecule has 0 bridgehead atoms. The minimum absolute atomic E-state index is 0.0827. The Hall–Kier alpha value is -3.03. The van der Waals surface area contributed by atoms with Gasteiger partial charge in [-0.15, -0.1) is 0 Å². The van der Waals surface area contributed by atoms with Crippen molar-refractivity contribution in [3.63, 3.8) is 0 Å². The maximum absolute atomic E-state index is 12.8. The van der Waals surface area contributed by atoms with Crippen LogP contribution in [0.4, 0.5) is 4.39 Å². The standard InChI is InChI=1S/C21H19FN2O3S/c22-18-7-1-14(2-8-18)11-23-20(26)21(27)24-12-19(25)16-5-3-15(4-6-16)17-9-10-28-13-17/h1-10,13,19,25H,11-12H2,(H,23,26)(H,24,27)/t19-/m0/s1. The van der Waals surface area contributed by atoms with Gasteiger partial charge in [0, 0.05) is 13.1 Å². The van der Waals surface area contributed by atoms with Crippen molar-refractivity contribution >= 4 is 23.2 Å². The van der Waals surface area contributed by atoms with Gasteiger partial charge in [-0.2, -0.15) is 11.3 Å². The van der Waals surface area contributed by atoms with E-state index < -0.39 is 17.9 Å². The van der Waals surface area contributed by atoms with Gasteiger partial charge in [0.05, 0.1) is 6.10 Å². The topological polar surface area (TPSA) is 78.4 Å². The van der Waals surface area contributed by atoms with Gasteiger partial charge < -0.3 is 15.7 Å². The summed E-state index contributed by atoms with van der Waals surface area (Å²) < 4.78 is 12.8. The minimum atomic E-state index is -0.926. The van der Waals surface area contributed by atoms with Crippen molar-refractivity contribution < 1.29 is 19.1 Å². The Balaban J connectivity index is 1.46. The number of nitrogens with one attached hydrogen (secondary N) is 2. The minimum Gasteiger partial charge on any atom is -0.387 e. The van der Waals surface area contributed by atoms with E-state index in [-0.39, 0.29) is 18.9 Å². The molecule has 2 amide bonds. The molecule has 5 nitrogen and oxygen atoms in total. The van der Waals surface area contributed by atoms with Crippen LogP contribution in [0.3, 0.4) is 0 Å². The largest absolute Gasteiger partial charge is 0.387 e. The molecule has 2 aromatic carbocycles. The number of amides is 2. The first-order valence-corrected chi connectivity index (χ1v) is 9.58. The highest BCUT2D eigenvalue weighted by atomic mass is 32.1. The number of aliphatic hydroxyl groups excluding tert-OH is 1. The SMILES string of the molecule is O=C(NCc1ccc(F)cc1)C(=O)NC[C@H](O)c1ccc(-c2ccsc2)cc1. The zero-order chi connectivity index (χ0) is 19.9. The van der Waals surface area contributed by atoms with Gasteiger partial charge in [0.25, 0.3) is 0 Å². The van der Waals surface area contributed by atoms with Crippen molar-refractivity contribution in [3.05, 3.63) is 82.3 Å². The van der Waals surface area contributed by atoms with Gasteiger partial charge in [0.15, 0.2) is 0 Å². The number of carbonyl (C=O) groups excluding carboxylic acids is 2. The third-order valence-electron chi connectivity index (χ3n) is 4.18. The summed E-state index contributed by atoms with van der Waals surface area (Å²) in [6.07, 6.45) is -0.926. The Morgan fingerprint density at radius 3 is 2.25 bits per heavy atom. The first-order valence-electron chi connectivity index (χ1n) is 8.64. The summed E-state index contributed by atoms with van der Waals surface area (Å²) in [5.41, 5.74) is 3.47. The summed E-state index contributed by atoms with van der Waals surface area (Å²) in [7, 11) is 0. The van der Waals surface area contributed by atoms with Crippen LogP contribution in [0.2, 0.25) is 0 Å². The van der Waals surface area contributed by atoms with E-state index in [2.05, 4.69) is 10.6 Å². The molecule has 0 unspecified atom stereocenters. The van der Waals surface area contributed by atoms with Crippen LogP contribution in [-0.4, -0.2) is 23.5 Å². The number of hydrogen-bond donors (Lipinski definition) is 3. The first-order chi connectivity index (χ1) is 13.5. The maximum atomic E-state index is 12.8. The number of carbonyl (C=O) groups is 2. The van der Waals surface area contributed by atoms with Gasteiger partial charge in [-0.3, -0.25) is 9.59 Å². The van der Waals surface area contributed by atoms with Crippen molar-refractivity contribution in [2.24, 2.45) is 0 Å². The van der Waals surface area contributed by atoms with Crippen LogP contribution in [0.25, 0.3) is 11.1 Å². The van der Waals surface area contributed by atoms with Gasteiger partial charge in [-0.25, -0.2) is 4.39 Å². The molecule has 0 aliphatic rings. The number of benzene rings is 2. The highest BCUT2D eigenvalue weighted by molar-refractivity contribution is 7.08. The van der Waals surface area contributed by atoms with Gasteiger partial charge in [-0.05, 0) is 51.2 Å². The van der Waals surface area contributed by atoms with Crippen molar-refractivity contribution in [1.29, 1.82) is 0 Å². The second-order valence-electron chi connectivity index (χ2n) is 6.17. The van der Waals surface area contributed by atoms with E-state index in [0.29, 0.717) is 11.1 Å². The molecule has 144 valence electrons. The van der Waals surface area contributed by atoms with Crippen LogP contribution < -0.4 is 10.6 Å². The van der Waals surface area contributed by atoms with E-state index in [9.17, 15) is 19.1 Å². The molecule has 0 fully saturated rings. The van der Waals surface area contributed by atoms with Gasteiger partial charge in [0.1, 0.15) is 5.82 Å². The lowest BCUT2D eigenvalue weighted by Gasteiger charge is -2.13. The fourth-order valence-electron chi connectivity index (χ4n) is 2.58. The third kappa shape index (κ3) is 5.25. The molecule has 1 atom stereocenters. The van der Waals surface area contributed by atoms with Crippen LogP contribution in [0, 0.1) is 5.82 Å². The zero-order valence-electron chi connectivity index (χ0n) is 14.9. The van der Waals surface area contributed by atoms with Gasteiger partial charge >= 0.3 is 11.8 Å². The highest BCUT2D eigenvalue weighted by Crippen LogP contribution is 2.23.